The Morgan fingerprint density at radius 2 is 1.81 bits per heavy atom. The molecule has 21 heavy (non-hydrogen) atoms. The summed E-state index contributed by atoms with van der Waals surface area (Å²) in [6, 6.07) is 0.590. The quantitative estimate of drug-likeness (QED) is 0.668. The molecule has 1 N–H and O–H groups in total. The van der Waals surface area contributed by atoms with Crippen LogP contribution in [0.1, 0.15) is 40.5 Å². The molecule has 126 valence electrons. The third-order valence-electron chi connectivity index (χ3n) is 4.22. The Balaban J connectivity index is 2.28. The van der Waals surface area contributed by atoms with Gasteiger partial charge in [-0.05, 0) is 52.9 Å². The lowest BCUT2D eigenvalue weighted by atomic mass is 10.1. The van der Waals surface area contributed by atoms with Crippen LogP contribution in [0.2, 0.25) is 0 Å². The number of ether oxygens (including phenoxy) is 1. The monoisotopic (exact) mass is 299 g/mol. The van der Waals surface area contributed by atoms with Crippen molar-refractivity contribution in [3.8, 4) is 0 Å². The predicted octanol–water partition coefficient (Wildman–Crippen LogP) is 2.05. The fourth-order valence-electron chi connectivity index (χ4n) is 3.12. The van der Waals surface area contributed by atoms with Crippen molar-refractivity contribution in [3.05, 3.63) is 0 Å². The van der Waals surface area contributed by atoms with Crippen LogP contribution in [-0.2, 0) is 4.74 Å². The minimum Gasteiger partial charge on any atom is -0.372 e. The molecule has 0 bridgehead atoms. The first-order valence-electron chi connectivity index (χ1n) is 8.67. The van der Waals surface area contributed by atoms with E-state index in [2.05, 4.69) is 56.9 Å². The molecule has 3 unspecified atom stereocenters. The van der Waals surface area contributed by atoms with Crippen LogP contribution in [0.4, 0.5) is 0 Å². The average molecular weight is 300 g/mol. The van der Waals surface area contributed by atoms with E-state index in [0.29, 0.717) is 24.2 Å². The maximum absolute atomic E-state index is 6.21. The molecule has 1 heterocycles. The van der Waals surface area contributed by atoms with Gasteiger partial charge in [-0.1, -0.05) is 20.8 Å². The van der Waals surface area contributed by atoms with Gasteiger partial charge in [-0.15, -0.1) is 0 Å². The predicted molar refractivity (Wildman–Crippen MR) is 90.9 cm³/mol. The van der Waals surface area contributed by atoms with Crippen LogP contribution in [0.25, 0.3) is 0 Å². The minimum atomic E-state index is 0.414. The van der Waals surface area contributed by atoms with Crippen molar-refractivity contribution in [2.75, 3.05) is 46.8 Å². The second-order valence-electron chi connectivity index (χ2n) is 7.21. The van der Waals surface area contributed by atoms with Gasteiger partial charge in [0.05, 0.1) is 12.2 Å². The van der Waals surface area contributed by atoms with Crippen LogP contribution in [0, 0.1) is 5.92 Å². The van der Waals surface area contributed by atoms with Crippen LogP contribution in [0.5, 0.6) is 0 Å². The highest BCUT2D eigenvalue weighted by Crippen LogP contribution is 2.21. The van der Waals surface area contributed by atoms with Gasteiger partial charge < -0.3 is 15.0 Å². The van der Waals surface area contributed by atoms with Gasteiger partial charge in [0.25, 0.3) is 0 Å². The Morgan fingerprint density at radius 1 is 1.14 bits per heavy atom. The smallest absolute Gasteiger partial charge is 0.0707 e. The van der Waals surface area contributed by atoms with Gasteiger partial charge in [0, 0.05) is 25.7 Å². The maximum atomic E-state index is 6.21. The molecule has 0 aliphatic carbocycles. The van der Waals surface area contributed by atoms with E-state index in [1.165, 1.54) is 12.8 Å². The highest BCUT2D eigenvalue weighted by atomic mass is 16.5. The lowest BCUT2D eigenvalue weighted by Crippen LogP contribution is -2.44. The molecule has 0 saturated carbocycles. The summed E-state index contributed by atoms with van der Waals surface area (Å²) in [6.45, 7) is 14.5. The number of nitrogens with one attached hydrogen (secondary N) is 1. The molecule has 3 atom stereocenters. The normalized spacial score (nSPS) is 24.4. The van der Waals surface area contributed by atoms with Crippen LogP contribution < -0.4 is 5.32 Å². The van der Waals surface area contributed by atoms with Gasteiger partial charge in [0.1, 0.15) is 0 Å². The average Bonchev–Trinajstić information content (AvgIpc) is 2.82. The molecular weight excluding hydrogens is 262 g/mol. The minimum absolute atomic E-state index is 0.414. The number of likely N-dealkylation sites (N-methyl/N-ethyl adjacent to an activating group) is 2. The summed E-state index contributed by atoms with van der Waals surface area (Å²) in [7, 11) is 4.29. The van der Waals surface area contributed by atoms with Crippen molar-refractivity contribution >= 4 is 0 Å². The molecular formula is C17H37N3O. The van der Waals surface area contributed by atoms with Crippen molar-refractivity contribution < 1.29 is 4.74 Å². The van der Waals surface area contributed by atoms with Gasteiger partial charge >= 0.3 is 0 Å². The summed E-state index contributed by atoms with van der Waals surface area (Å²) in [5.41, 5.74) is 0. The third-order valence-corrected chi connectivity index (χ3v) is 4.22. The molecule has 1 aliphatic heterocycles. The van der Waals surface area contributed by atoms with Gasteiger partial charge in [0.2, 0.25) is 0 Å². The summed E-state index contributed by atoms with van der Waals surface area (Å²) in [5.74, 6) is 0.713. The van der Waals surface area contributed by atoms with Gasteiger partial charge in [0.15, 0.2) is 0 Å². The van der Waals surface area contributed by atoms with E-state index in [-0.39, 0.29) is 0 Å². The second kappa shape index (κ2) is 9.78. The molecule has 0 aromatic carbocycles. The summed E-state index contributed by atoms with van der Waals surface area (Å²) in [4.78, 5) is 4.82. The van der Waals surface area contributed by atoms with Gasteiger partial charge in [-0.3, -0.25) is 4.90 Å². The van der Waals surface area contributed by atoms with Crippen molar-refractivity contribution in [2.45, 2.75) is 58.8 Å². The number of nitrogens with zero attached hydrogens (tertiary/aromatic N) is 2. The summed E-state index contributed by atoms with van der Waals surface area (Å²) in [5, 5.41) is 3.52. The van der Waals surface area contributed by atoms with E-state index >= 15 is 0 Å². The number of rotatable bonds is 10. The largest absolute Gasteiger partial charge is 0.372 e. The molecule has 0 amide bonds. The summed E-state index contributed by atoms with van der Waals surface area (Å²) in [6.07, 6.45) is 3.24. The molecule has 0 aromatic rings. The first-order valence-corrected chi connectivity index (χ1v) is 8.67. The van der Waals surface area contributed by atoms with Crippen LogP contribution in [0.3, 0.4) is 0 Å². The summed E-state index contributed by atoms with van der Waals surface area (Å²) >= 11 is 0. The standard InChI is InChI=1S/C17H37N3O/c1-7-20(15(4)12-19(5)6)13-17-9-8-16(21-17)11-18-10-14(2)3/h14-18H,7-13H2,1-6H3. The third kappa shape index (κ3) is 7.59. The molecule has 1 aliphatic rings. The Labute approximate surface area is 132 Å². The lowest BCUT2D eigenvalue weighted by molar-refractivity contribution is 0.0147. The second-order valence-corrected chi connectivity index (χ2v) is 7.21. The zero-order chi connectivity index (χ0) is 15.8. The van der Waals surface area contributed by atoms with Gasteiger partial charge in [-0.25, -0.2) is 0 Å². The molecule has 1 fully saturated rings. The SMILES string of the molecule is CCN(CC1CCC(CNCC(C)C)O1)C(C)CN(C)C. The van der Waals surface area contributed by atoms with Crippen molar-refractivity contribution in [1.29, 1.82) is 0 Å². The van der Waals surface area contributed by atoms with Crippen LogP contribution >= 0.6 is 0 Å². The maximum Gasteiger partial charge on any atom is 0.0707 e. The zero-order valence-electron chi connectivity index (χ0n) is 15.1. The Hall–Kier alpha value is -0.160. The number of hydrogen-bond donors (Lipinski definition) is 1. The van der Waals surface area contributed by atoms with Crippen LogP contribution in [0.15, 0.2) is 0 Å². The highest BCUT2D eigenvalue weighted by molar-refractivity contribution is 4.80. The van der Waals surface area contributed by atoms with E-state index < -0.39 is 0 Å². The first-order chi connectivity index (χ1) is 9.92. The fourth-order valence-corrected chi connectivity index (χ4v) is 3.12. The molecule has 0 radical (unpaired) electrons. The van der Waals surface area contributed by atoms with E-state index in [9.17, 15) is 0 Å². The zero-order valence-corrected chi connectivity index (χ0v) is 15.1. The van der Waals surface area contributed by atoms with Crippen molar-refractivity contribution in [2.24, 2.45) is 5.92 Å². The Kier molecular flexibility index (Phi) is 8.79. The van der Waals surface area contributed by atoms with Crippen LogP contribution in [-0.4, -0.2) is 74.9 Å². The van der Waals surface area contributed by atoms with E-state index in [0.717, 1.165) is 32.7 Å². The van der Waals surface area contributed by atoms with Crippen molar-refractivity contribution in [1.82, 2.24) is 15.1 Å². The molecule has 0 aromatic heterocycles. The molecule has 1 saturated heterocycles. The number of hydrogen-bond acceptors (Lipinski definition) is 4. The Morgan fingerprint density at radius 3 is 2.38 bits per heavy atom. The Bertz CT molecular complexity index is 271. The first kappa shape index (κ1) is 18.9. The van der Waals surface area contributed by atoms with Crippen molar-refractivity contribution in [3.63, 3.8) is 0 Å². The van der Waals surface area contributed by atoms with Gasteiger partial charge in [-0.2, -0.15) is 0 Å². The fraction of sp³-hybridized carbons (Fsp3) is 1.00. The molecule has 0 spiro atoms. The highest BCUT2D eigenvalue weighted by Gasteiger charge is 2.27. The van der Waals surface area contributed by atoms with E-state index in [4.69, 9.17) is 4.74 Å². The molecule has 1 rings (SSSR count). The molecule has 4 nitrogen and oxygen atoms in total. The summed E-state index contributed by atoms with van der Waals surface area (Å²) < 4.78 is 6.21. The lowest BCUT2D eigenvalue weighted by Gasteiger charge is -2.32. The topological polar surface area (TPSA) is 27.7 Å². The van der Waals surface area contributed by atoms with E-state index in [1.54, 1.807) is 0 Å². The molecule has 4 heteroatoms. The van der Waals surface area contributed by atoms with E-state index in [1.807, 2.05) is 0 Å².